The van der Waals surface area contributed by atoms with E-state index in [1.165, 1.54) is 5.57 Å². The molecular formula is C11H20N2O2. The highest BCUT2D eigenvalue weighted by atomic mass is 16.3. The zero-order valence-electron chi connectivity index (χ0n) is 9.68. The van der Waals surface area contributed by atoms with Crippen LogP contribution in [0.15, 0.2) is 11.1 Å². The zero-order valence-corrected chi connectivity index (χ0v) is 9.68. The molecule has 1 fully saturated rings. The second-order valence-electron chi connectivity index (χ2n) is 4.64. The maximum Gasteiger partial charge on any atom is 0.247 e. The van der Waals surface area contributed by atoms with Gasteiger partial charge in [0.1, 0.15) is 0 Å². The standard InChI is InChI=1S/C11H20N2O2/c1-8(9-6-12-7-9)10(15)13-11(2,3)4-5-14/h12,14H,4-7H2,1-3H3,(H,13,15). The Bertz CT molecular complexity index is 276. The van der Waals surface area contributed by atoms with Crippen LogP contribution in [0, 0.1) is 0 Å². The summed E-state index contributed by atoms with van der Waals surface area (Å²) in [5.74, 6) is -0.0232. The predicted molar refractivity (Wildman–Crippen MR) is 59.5 cm³/mol. The van der Waals surface area contributed by atoms with Gasteiger partial charge in [0.05, 0.1) is 0 Å². The summed E-state index contributed by atoms with van der Waals surface area (Å²) in [5, 5.41) is 14.9. The smallest absolute Gasteiger partial charge is 0.247 e. The molecule has 0 aromatic carbocycles. The molecule has 1 heterocycles. The number of carbonyl (C=O) groups excluding carboxylic acids is 1. The Hall–Kier alpha value is -0.870. The van der Waals surface area contributed by atoms with Crippen molar-refractivity contribution in [3.8, 4) is 0 Å². The molecule has 0 saturated carbocycles. The Morgan fingerprint density at radius 1 is 1.53 bits per heavy atom. The summed E-state index contributed by atoms with van der Waals surface area (Å²) in [6.07, 6.45) is 0.569. The molecule has 0 unspecified atom stereocenters. The third kappa shape index (κ3) is 3.32. The molecule has 3 N–H and O–H groups in total. The number of hydrogen-bond donors (Lipinski definition) is 3. The van der Waals surface area contributed by atoms with Gasteiger partial charge in [-0.15, -0.1) is 0 Å². The summed E-state index contributed by atoms with van der Waals surface area (Å²) in [6.45, 7) is 7.40. The van der Waals surface area contributed by atoms with Crippen molar-refractivity contribution in [3.05, 3.63) is 11.1 Å². The third-order valence-electron chi connectivity index (χ3n) is 2.74. The van der Waals surface area contributed by atoms with E-state index in [9.17, 15) is 4.79 Å². The van der Waals surface area contributed by atoms with Crippen molar-refractivity contribution in [3.63, 3.8) is 0 Å². The van der Waals surface area contributed by atoms with Gasteiger partial charge in [-0.3, -0.25) is 4.79 Å². The van der Waals surface area contributed by atoms with Crippen molar-refractivity contribution in [2.45, 2.75) is 32.7 Å². The van der Waals surface area contributed by atoms with Gasteiger partial charge in [-0.1, -0.05) is 0 Å². The van der Waals surface area contributed by atoms with E-state index in [4.69, 9.17) is 5.11 Å². The summed E-state index contributed by atoms with van der Waals surface area (Å²) in [5.41, 5.74) is 1.64. The highest BCUT2D eigenvalue weighted by molar-refractivity contribution is 5.94. The summed E-state index contributed by atoms with van der Waals surface area (Å²) in [7, 11) is 0. The van der Waals surface area contributed by atoms with Gasteiger partial charge in [-0.05, 0) is 32.8 Å². The molecule has 0 atom stereocenters. The lowest BCUT2D eigenvalue weighted by Gasteiger charge is -2.27. The molecule has 1 aliphatic rings. The van der Waals surface area contributed by atoms with Crippen LogP contribution in [0.25, 0.3) is 0 Å². The zero-order chi connectivity index (χ0) is 11.5. The fraction of sp³-hybridized carbons (Fsp3) is 0.727. The van der Waals surface area contributed by atoms with E-state index in [0.717, 1.165) is 18.7 Å². The molecule has 86 valence electrons. The van der Waals surface area contributed by atoms with Crippen LogP contribution in [0.4, 0.5) is 0 Å². The lowest BCUT2D eigenvalue weighted by molar-refractivity contribution is -0.119. The van der Waals surface area contributed by atoms with Gasteiger partial charge in [-0.2, -0.15) is 0 Å². The minimum absolute atomic E-state index is 0.0232. The molecule has 1 saturated heterocycles. The van der Waals surface area contributed by atoms with Crippen LogP contribution < -0.4 is 10.6 Å². The van der Waals surface area contributed by atoms with Gasteiger partial charge >= 0.3 is 0 Å². The summed E-state index contributed by atoms with van der Waals surface area (Å²) >= 11 is 0. The Morgan fingerprint density at radius 3 is 2.53 bits per heavy atom. The molecule has 0 spiro atoms. The van der Waals surface area contributed by atoms with Crippen LogP contribution in [-0.2, 0) is 4.79 Å². The first kappa shape index (κ1) is 12.2. The van der Waals surface area contributed by atoms with Crippen LogP contribution in [0.2, 0.25) is 0 Å². The second kappa shape index (κ2) is 4.77. The first-order valence-electron chi connectivity index (χ1n) is 5.29. The van der Waals surface area contributed by atoms with E-state index in [1.807, 2.05) is 20.8 Å². The number of carbonyl (C=O) groups is 1. The maximum absolute atomic E-state index is 11.8. The fourth-order valence-corrected chi connectivity index (χ4v) is 1.42. The van der Waals surface area contributed by atoms with Crippen molar-refractivity contribution >= 4 is 5.91 Å². The highest BCUT2D eigenvalue weighted by Gasteiger charge is 2.22. The molecule has 0 aromatic heterocycles. The molecule has 0 aliphatic carbocycles. The molecule has 1 amide bonds. The average Bonchev–Trinajstić information content (AvgIpc) is 1.99. The van der Waals surface area contributed by atoms with Gasteiger partial charge in [-0.25, -0.2) is 0 Å². The molecule has 0 radical (unpaired) electrons. The lowest BCUT2D eigenvalue weighted by Crippen LogP contribution is -2.46. The monoisotopic (exact) mass is 212 g/mol. The largest absolute Gasteiger partial charge is 0.396 e. The minimum atomic E-state index is -0.342. The van der Waals surface area contributed by atoms with Crippen molar-refractivity contribution in [1.29, 1.82) is 0 Å². The summed E-state index contributed by atoms with van der Waals surface area (Å²) in [6, 6.07) is 0. The fourth-order valence-electron chi connectivity index (χ4n) is 1.42. The Morgan fingerprint density at radius 2 is 2.13 bits per heavy atom. The second-order valence-corrected chi connectivity index (χ2v) is 4.64. The van der Waals surface area contributed by atoms with Gasteiger partial charge < -0.3 is 15.7 Å². The van der Waals surface area contributed by atoms with E-state index in [1.54, 1.807) is 0 Å². The van der Waals surface area contributed by atoms with E-state index < -0.39 is 0 Å². The van der Waals surface area contributed by atoms with Gasteiger partial charge in [0.2, 0.25) is 5.91 Å². The van der Waals surface area contributed by atoms with E-state index >= 15 is 0 Å². The molecule has 15 heavy (non-hydrogen) atoms. The predicted octanol–water partition coefficient (Wildman–Crippen LogP) is 0.183. The Labute approximate surface area is 90.7 Å². The van der Waals surface area contributed by atoms with Crippen LogP contribution >= 0.6 is 0 Å². The number of aliphatic hydroxyl groups excluding tert-OH is 1. The Kier molecular flexibility index (Phi) is 3.88. The van der Waals surface area contributed by atoms with Gasteiger partial charge in [0.25, 0.3) is 0 Å². The average molecular weight is 212 g/mol. The normalized spacial score (nSPS) is 15.9. The van der Waals surface area contributed by atoms with Crippen LogP contribution in [0.1, 0.15) is 27.2 Å². The van der Waals surface area contributed by atoms with Crippen molar-refractivity contribution < 1.29 is 9.90 Å². The molecule has 1 rings (SSSR count). The lowest BCUT2D eigenvalue weighted by atomic mass is 9.98. The van der Waals surface area contributed by atoms with Crippen LogP contribution in [0.5, 0.6) is 0 Å². The van der Waals surface area contributed by atoms with Crippen LogP contribution in [-0.4, -0.2) is 36.2 Å². The first-order valence-corrected chi connectivity index (χ1v) is 5.29. The topological polar surface area (TPSA) is 61.4 Å². The van der Waals surface area contributed by atoms with Gasteiger partial charge in [0, 0.05) is 30.8 Å². The van der Waals surface area contributed by atoms with Crippen molar-refractivity contribution in [2.24, 2.45) is 0 Å². The number of amides is 1. The molecule has 4 nitrogen and oxygen atoms in total. The first-order chi connectivity index (χ1) is 6.96. The molecular weight excluding hydrogens is 192 g/mol. The van der Waals surface area contributed by atoms with E-state index in [-0.39, 0.29) is 18.1 Å². The van der Waals surface area contributed by atoms with Gasteiger partial charge in [0.15, 0.2) is 0 Å². The van der Waals surface area contributed by atoms with Crippen molar-refractivity contribution in [2.75, 3.05) is 19.7 Å². The number of nitrogens with one attached hydrogen (secondary N) is 2. The molecule has 1 aliphatic heterocycles. The van der Waals surface area contributed by atoms with E-state index in [2.05, 4.69) is 10.6 Å². The minimum Gasteiger partial charge on any atom is -0.396 e. The van der Waals surface area contributed by atoms with E-state index in [0.29, 0.717) is 6.42 Å². The number of hydrogen-bond acceptors (Lipinski definition) is 3. The quantitative estimate of drug-likeness (QED) is 0.583. The highest BCUT2D eigenvalue weighted by Crippen LogP contribution is 2.12. The number of rotatable bonds is 4. The number of aliphatic hydroxyl groups is 1. The SMILES string of the molecule is CC(C(=O)NC(C)(C)CCO)=C1CNC1. The third-order valence-corrected chi connectivity index (χ3v) is 2.74. The summed E-state index contributed by atoms with van der Waals surface area (Å²) in [4.78, 5) is 11.8. The van der Waals surface area contributed by atoms with Crippen molar-refractivity contribution in [1.82, 2.24) is 10.6 Å². The maximum atomic E-state index is 11.8. The van der Waals surface area contributed by atoms with Crippen LogP contribution in [0.3, 0.4) is 0 Å². The molecule has 4 heteroatoms. The molecule has 0 bridgehead atoms. The Balaban J connectivity index is 2.55. The molecule has 0 aromatic rings. The summed E-state index contributed by atoms with van der Waals surface area (Å²) < 4.78 is 0.